The Bertz CT molecular complexity index is 4410. The molecule has 133 heavy (non-hydrogen) atoms. The maximum atomic E-state index is 12.7. The number of likely N-dealkylation sites (tertiary alicyclic amines) is 2. The van der Waals surface area contributed by atoms with Gasteiger partial charge >= 0.3 is 48.0 Å². The van der Waals surface area contributed by atoms with Gasteiger partial charge in [0.05, 0.1) is 53.8 Å². The molecule has 26 heteroatoms. The number of hydrogen-bond donors (Lipinski definition) is 2. The zero-order valence-corrected chi connectivity index (χ0v) is 80.1. The van der Waals surface area contributed by atoms with Crippen LogP contribution >= 0.6 is 0 Å². The number of rotatable bonds is 22. The van der Waals surface area contributed by atoms with Gasteiger partial charge in [-0.2, -0.15) is 5.26 Å². The summed E-state index contributed by atoms with van der Waals surface area (Å²) < 4.78 is 43.0. The number of aldehydes is 2. The molecule has 3 N–H and O–H groups in total. The average molecular weight is 1840 g/mol. The molecule has 12 aliphatic rings. The minimum Gasteiger partial charge on any atom is -0.481 e. The normalized spacial score (nSPS) is 24.3. The van der Waals surface area contributed by atoms with Crippen LogP contribution in [0, 0.1) is 46.8 Å². The number of fused-ring (bicyclic) bond motifs is 7. The predicted octanol–water partition coefficient (Wildman–Crippen LogP) is 18.0. The van der Waals surface area contributed by atoms with E-state index < -0.39 is 29.1 Å². The standard InChI is InChI=1S/C25H36N2O4.C21H30N2O2.C13H14O4.C13H14O3.C13H14O2.C12H22N2O2.C6H8O2.C2H3N.C2H6/c1-25(2,3)31-24(29)27-20-9-10-21(27)16-22(15-20)26-13-11-19(12-14-26)23(28)30-17-18-7-5-4-6-8-18;1-22-18-7-8-19(22)14-20(13-18)23-11-9-17(10-12-23)21(24)25-15-16-5-3-2-4-6-16;14-8-6-12(7-9-15)13(16)17-10-11-4-2-1-3-5-11;14-13(10-6-11-12(7-10)16-11)15-8-9-4-2-1-3-5-9;14-13(12-8-4-5-9-12)15-10-11-6-2-1-3-7-11;1-12(2,3)16-11(15)14-9-4-5-10(14)7-8(13)6-9;7-6(8)5-3-1-2-4-5;1-2-3;1-2/h4-8,19-22H,9-17H2,1-3H3;2-6,17-20H,7-15H2,1H3;1-5,8-9,12H,6-7,10H2;1-5,10-12H,6-8H2;1-7,12H,8-10H2;8-10H,4-7,13H2,1-3H3;1-2,5H,3-4H2,(H,7,8);1H3;1-2H3/t20-,21+,22?;18-,19+,20?;;;;8?,9-,10+;;;. The number of hydrogen-bond acceptors (Lipinski definition) is 23. The first kappa shape index (κ1) is 106. The van der Waals surface area contributed by atoms with Crippen molar-refractivity contribution in [2.45, 2.75) is 327 Å². The highest BCUT2D eigenvalue weighted by molar-refractivity contribution is 5.79. The summed E-state index contributed by atoms with van der Waals surface area (Å²) in [5, 5.41) is 15.7. The maximum Gasteiger partial charge on any atom is 0.410 e. The highest BCUT2D eigenvalue weighted by Gasteiger charge is 2.52. The largest absolute Gasteiger partial charge is 0.481 e. The Balaban J connectivity index is 0.000000178. The minimum absolute atomic E-state index is 0.00135. The summed E-state index contributed by atoms with van der Waals surface area (Å²) in [5.74, 6) is -1.99. The highest BCUT2D eigenvalue weighted by atomic mass is 16.6. The van der Waals surface area contributed by atoms with Crippen molar-refractivity contribution in [1.82, 2.24) is 24.5 Å². The van der Waals surface area contributed by atoms with Crippen LogP contribution in [-0.4, -0.2) is 201 Å². The molecule has 17 rings (SSSR count). The van der Waals surface area contributed by atoms with Crippen LogP contribution in [0.25, 0.3) is 0 Å². The van der Waals surface area contributed by atoms with Gasteiger partial charge < -0.3 is 82.8 Å². The van der Waals surface area contributed by atoms with Gasteiger partial charge in [0.25, 0.3) is 0 Å². The van der Waals surface area contributed by atoms with Crippen LogP contribution in [0.1, 0.15) is 244 Å². The van der Waals surface area contributed by atoms with E-state index in [1.54, 1.807) is 6.07 Å². The number of nitrogens with zero attached hydrogens (tertiary/aromatic N) is 6. The third kappa shape index (κ3) is 35.4. The topological polar surface area (TPSA) is 334 Å². The molecule has 9 saturated heterocycles. The number of allylic oxidation sites excluding steroid dienone is 4. The van der Waals surface area contributed by atoms with Gasteiger partial charge in [0.15, 0.2) is 0 Å². The van der Waals surface area contributed by atoms with Gasteiger partial charge in [-0.15, -0.1) is 0 Å². The number of piperidine rings is 5. The number of amides is 2. The fraction of sp³-hybridized carbons (Fsp3) is 0.579. The summed E-state index contributed by atoms with van der Waals surface area (Å²) in [6.07, 6.45) is 31.5. The molecule has 2 amide bonds. The quantitative estimate of drug-likeness (QED) is 0.0214. The molecule has 3 aliphatic carbocycles. The molecule has 5 aromatic rings. The van der Waals surface area contributed by atoms with Crippen molar-refractivity contribution in [2.24, 2.45) is 41.2 Å². The van der Waals surface area contributed by atoms with Gasteiger partial charge in [-0.25, -0.2) is 9.59 Å². The number of carbonyl (C=O) groups excluding carboxylic acids is 9. The summed E-state index contributed by atoms with van der Waals surface area (Å²) in [6.45, 7) is 22.6. The van der Waals surface area contributed by atoms with Crippen molar-refractivity contribution in [2.75, 3.05) is 33.2 Å². The van der Waals surface area contributed by atoms with Crippen LogP contribution in [-0.2, 0) is 109 Å². The Kier molecular flexibility index (Phi) is 43.8. The fourth-order valence-corrected chi connectivity index (χ4v) is 19.4. The lowest BCUT2D eigenvalue weighted by atomic mass is 9.91. The first-order valence-corrected chi connectivity index (χ1v) is 48.4. The van der Waals surface area contributed by atoms with E-state index >= 15 is 0 Å². The molecule has 6 bridgehead atoms. The number of benzene rings is 5. The third-order valence-electron chi connectivity index (χ3n) is 26.5. The summed E-state index contributed by atoms with van der Waals surface area (Å²) in [4.78, 5) is 127. The molecule has 0 spiro atoms. The average Bonchev–Trinajstić information content (AvgIpc) is 1.68. The first-order valence-electron chi connectivity index (χ1n) is 48.4. The fourth-order valence-electron chi connectivity index (χ4n) is 19.4. The lowest BCUT2D eigenvalue weighted by Gasteiger charge is -2.45. The predicted molar refractivity (Wildman–Crippen MR) is 508 cm³/mol. The van der Waals surface area contributed by atoms with Crippen LogP contribution in [0.5, 0.6) is 0 Å². The van der Waals surface area contributed by atoms with Gasteiger partial charge in [0.2, 0.25) is 0 Å². The second-order valence-corrected chi connectivity index (χ2v) is 38.4. The van der Waals surface area contributed by atoms with Crippen molar-refractivity contribution in [3.8, 4) is 6.07 Å². The number of ether oxygens (including phenoxy) is 8. The number of aliphatic carboxylic acids is 1. The second kappa shape index (κ2) is 54.8. The minimum atomic E-state index is -0.671. The summed E-state index contributed by atoms with van der Waals surface area (Å²) in [7, 11) is 2.30. The Morgan fingerprint density at radius 2 is 0.692 bits per heavy atom. The number of carboxylic acid groups (broad SMARTS) is 1. The molecule has 26 nitrogen and oxygen atoms in total. The lowest BCUT2D eigenvalue weighted by Crippen LogP contribution is -2.54. The Labute approximate surface area is 788 Å². The second-order valence-electron chi connectivity index (χ2n) is 38.4. The summed E-state index contributed by atoms with van der Waals surface area (Å²) in [5.41, 5.74) is 10.1. The number of epoxide rings is 1. The van der Waals surface area contributed by atoms with Crippen LogP contribution in [0.4, 0.5) is 9.59 Å². The molecule has 1 saturated carbocycles. The Morgan fingerprint density at radius 3 is 0.992 bits per heavy atom. The molecule has 5 aromatic carbocycles. The summed E-state index contributed by atoms with van der Waals surface area (Å²) >= 11 is 0. The molecule has 724 valence electrons. The molecule has 0 aromatic heterocycles. The molecule has 9 heterocycles. The van der Waals surface area contributed by atoms with E-state index in [4.69, 9.17) is 54.0 Å². The highest BCUT2D eigenvalue weighted by Crippen LogP contribution is 2.44. The number of carboxylic acids is 1. The molecule has 9 aliphatic heterocycles. The van der Waals surface area contributed by atoms with Gasteiger partial charge in [-0.1, -0.05) is 190 Å². The van der Waals surface area contributed by atoms with Gasteiger partial charge in [-0.3, -0.25) is 28.8 Å². The van der Waals surface area contributed by atoms with E-state index in [-0.39, 0.29) is 103 Å². The number of nitriles is 1. The first-order chi connectivity index (χ1) is 64.0. The Hall–Kier alpha value is -10.4. The van der Waals surface area contributed by atoms with Crippen molar-refractivity contribution in [3.63, 3.8) is 0 Å². The smallest absolute Gasteiger partial charge is 0.410 e. The van der Waals surface area contributed by atoms with Gasteiger partial charge in [0, 0.05) is 74.1 Å². The van der Waals surface area contributed by atoms with Crippen LogP contribution in [0.3, 0.4) is 0 Å². The monoisotopic (exact) mass is 1830 g/mol. The lowest BCUT2D eigenvalue weighted by molar-refractivity contribution is -0.152. The zero-order chi connectivity index (χ0) is 95.8. The van der Waals surface area contributed by atoms with E-state index in [9.17, 15) is 47.9 Å². The molecule has 10 fully saturated rings. The SMILES string of the molecule is CC.CC#N.CC(C)(C)OC(=O)N1[C@@H]2CC[C@H]1CC(N)C2.CC(C)(C)OC(=O)N1[C@@H]2CC[C@H]1CC(N1CCC(C(=O)OCc3ccccc3)CC1)C2.CN1[C@@H]2CC[C@H]1CC(N1CCC(C(=O)OCc3ccccc3)CC1)C2.O=C(O)C1CC=CC1.O=C(OCc1ccccc1)C1CC2OC2C1.O=C(OCc1ccccc1)C1CC=CC1.O=CCC(CC=O)C(=O)OCc1ccccc1. The van der Waals surface area contributed by atoms with Crippen molar-refractivity contribution in [1.29, 1.82) is 5.26 Å². The van der Waals surface area contributed by atoms with Crippen molar-refractivity contribution < 1.29 is 90.9 Å². The van der Waals surface area contributed by atoms with Crippen molar-refractivity contribution in [3.05, 3.63) is 204 Å². The van der Waals surface area contributed by atoms with Crippen LogP contribution in [0.15, 0.2) is 176 Å². The maximum absolute atomic E-state index is 12.7. The van der Waals surface area contributed by atoms with Crippen LogP contribution in [0.2, 0.25) is 0 Å². The number of nitrogens with two attached hydrogens (primary N) is 1. The van der Waals surface area contributed by atoms with Crippen LogP contribution < -0.4 is 5.73 Å². The van der Waals surface area contributed by atoms with E-state index in [1.165, 1.54) is 32.6 Å². The van der Waals surface area contributed by atoms with E-state index in [2.05, 4.69) is 21.7 Å². The Morgan fingerprint density at radius 1 is 0.414 bits per heavy atom. The number of carbonyl (C=O) groups is 10. The van der Waals surface area contributed by atoms with E-state index in [0.717, 1.165) is 188 Å². The number of esters is 5. The molecule has 0 radical (unpaired) electrons. The zero-order valence-electron chi connectivity index (χ0n) is 80.1. The van der Waals surface area contributed by atoms with Gasteiger partial charge in [0.1, 0.15) is 56.8 Å². The molecule has 11 atom stereocenters. The van der Waals surface area contributed by atoms with E-state index in [1.807, 2.05) is 241 Å². The summed E-state index contributed by atoms with van der Waals surface area (Å²) in [6, 6.07) is 54.6. The molecule has 5 unspecified atom stereocenters. The van der Waals surface area contributed by atoms with Crippen molar-refractivity contribution >= 4 is 60.6 Å². The molecular weight excluding hydrogens is 1690 g/mol. The molecular formula is C107H147N7O19. The van der Waals surface area contributed by atoms with Gasteiger partial charge in [-0.05, 0) is 244 Å². The van der Waals surface area contributed by atoms with E-state index in [0.29, 0.717) is 69.3 Å². The third-order valence-corrected chi connectivity index (χ3v) is 26.5.